The summed E-state index contributed by atoms with van der Waals surface area (Å²) in [5, 5.41) is 2.96. The Morgan fingerprint density at radius 3 is 2.39 bits per heavy atom. The Balaban J connectivity index is 1.50. The molecular formula is C22H27F2N3O. The standard InChI is InChI=1S/C22H27F2N3O/c1-16(27-13-11-26(2)12-14-27)9-10-25-22(28)18-5-3-17(4-6-18)20-8-7-19(23)15-21(20)24/h3-8,15-16H,9-14H2,1-2H3,(H,25,28). The lowest BCUT2D eigenvalue weighted by atomic mass is 10.0. The molecule has 1 unspecified atom stereocenters. The summed E-state index contributed by atoms with van der Waals surface area (Å²) in [6, 6.07) is 10.6. The van der Waals surface area contributed by atoms with Crippen molar-refractivity contribution < 1.29 is 13.6 Å². The van der Waals surface area contributed by atoms with Crippen LogP contribution in [0.5, 0.6) is 0 Å². The molecule has 1 fully saturated rings. The average Bonchev–Trinajstić information content (AvgIpc) is 2.68. The van der Waals surface area contributed by atoms with E-state index in [4.69, 9.17) is 0 Å². The van der Waals surface area contributed by atoms with Crippen LogP contribution in [0, 0.1) is 11.6 Å². The fourth-order valence-electron chi connectivity index (χ4n) is 3.47. The molecular weight excluding hydrogens is 360 g/mol. The highest BCUT2D eigenvalue weighted by atomic mass is 19.1. The number of carbonyl (C=O) groups excluding carboxylic acids is 1. The summed E-state index contributed by atoms with van der Waals surface area (Å²) in [6.45, 7) is 7.10. The Labute approximate surface area is 165 Å². The van der Waals surface area contributed by atoms with Gasteiger partial charge in [-0.25, -0.2) is 8.78 Å². The van der Waals surface area contributed by atoms with Gasteiger partial charge in [-0.05, 0) is 50.2 Å². The molecule has 1 amide bonds. The van der Waals surface area contributed by atoms with Gasteiger partial charge in [0.15, 0.2) is 0 Å². The zero-order valence-electron chi connectivity index (χ0n) is 16.4. The molecule has 2 aromatic carbocycles. The van der Waals surface area contributed by atoms with Gasteiger partial charge in [-0.1, -0.05) is 12.1 Å². The van der Waals surface area contributed by atoms with Crippen LogP contribution < -0.4 is 5.32 Å². The molecule has 1 saturated heterocycles. The van der Waals surface area contributed by atoms with E-state index in [-0.39, 0.29) is 5.91 Å². The second-order valence-electron chi connectivity index (χ2n) is 7.43. The smallest absolute Gasteiger partial charge is 0.251 e. The Morgan fingerprint density at radius 2 is 1.75 bits per heavy atom. The van der Waals surface area contributed by atoms with E-state index in [1.165, 1.54) is 12.1 Å². The van der Waals surface area contributed by atoms with Crippen LogP contribution in [-0.4, -0.2) is 61.5 Å². The predicted molar refractivity (Wildman–Crippen MR) is 107 cm³/mol. The highest BCUT2D eigenvalue weighted by Gasteiger charge is 2.19. The number of hydrogen-bond donors (Lipinski definition) is 1. The van der Waals surface area contributed by atoms with E-state index in [1.54, 1.807) is 24.3 Å². The number of halogens is 2. The van der Waals surface area contributed by atoms with Crippen molar-refractivity contribution in [2.24, 2.45) is 0 Å². The van der Waals surface area contributed by atoms with Gasteiger partial charge in [-0.3, -0.25) is 9.69 Å². The van der Waals surface area contributed by atoms with Gasteiger partial charge < -0.3 is 10.2 Å². The van der Waals surface area contributed by atoms with Gasteiger partial charge >= 0.3 is 0 Å². The largest absolute Gasteiger partial charge is 0.352 e. The van der Waals surface area contributed by atoms with Crippen molar-refractivity contribution in [2.75, 3.05) is 39.8 Å². The minimum atomic E-state index is -0.616. The van der Waals surface area contributed by atoms with Crippen LogP contribution in [0.25, 0.3) is 11.1 Å². The van der Waals surface area contributed by atoms with Crippen LogP contribution in [0.15, 0.2) is 42.5 Å². The summed E-state index contributed by atoms with van der Waals surface area (Å²) >= 11 is 0. The number of carbonyl (C=O) groups is 1. The summed E-state index contributed by atoms with van der Waals surface area (Å²) in [5.41, 5.74) is 1.45. The van der Waals surface area contributed by atoms with Crippen LogP contribution in [0.1, 0.15) is 23.7 Å². The lowest BCUT2D eigenvalue weighted by molar-refractivity contribution is 0.0935. The van der Waals surface area contributed by atoms with Crippen LogP contribution >= 0.6 is 0 Å². The molecule has 3 rings (SSSR count). The first-order valence-corrected chi connectivity index (χ1v) is 9.70. The molecule has 0 aliphatic carbocycles. The third-order valence-electron chi connectivity index (χ3n) is 5.40. The molecule has 4 nitrogen and oxygen atoms in total. The molecule has 6 heteroatoms. The normalized spacial score (nSPS) is 16.7. The number of hydrogen-bond acceptors (Lipinski definition) is 3. The molecule has 28 heavy (non-hydrogen) atoms. The molecule has 1 aliphatic rings. The quantitative estimate of drug-likeness (QED) is 0.825. The van der Waals surface area contributed by atoms with E-state index in [9.17, 15) is 13.6 Å². The highest BCUT2D eigenvalue weighted by Crippen LogP contribution is 2.23. The summed E-state index contributed by atoms with van der Waals surface area (Å²) in [5.74, 6) is -1.37. The average molecular weight is 387 g/mol. The first kappa shape index (κ1) is 20.4. The van der Waals surface area contributed by atoms with Gasteiger partial charge in [-0.2, -0.15) is 0 Å². The van der Waals surface area contributed by atoms with Gasteiger partial charge in [0.25, 0.3) is 5.91 Å². The third kappa shape index (κ3) is 5.14. The van der Waals surface area contributed by atoms with E-state index in [2.05, 4.69) is 29.1 Å². The molecule has 1 atom stereocenters. The van der Waals surface area contributed by atoms with Crippen molar-refractivity contribution in [3.05, 3.63) is 59.7 Å². The zero-order valence-corrected chi connectivity index (χ0v) is 16.4. The molecule has 0 bridgehead atoms. The molecule has 0 aromatic heterocycles. The molecule has 0 radical (unpaired) electrons. The van der Waals surface area contributed by atoms with Gasteiger partial charge in [0.2, 0.25) is 0 Å². The molecule has 1 heterocycles. The Hall–Kier alpha value is -2.31. The number of likely N-dealkylation sites (N-methyl/N-ethyl adjacent to an activating group) is 1. The maximum atomic E-state index is 13.9. The second-order valence-corrected chi connectivity index (χ2v) is 7.43. The zero-order chi connectivity index (χ0) is 20.1. The van der Waals surface area contributed by atoms with Crippen LogP contribution in [-0.2, 0) is 0 Å². The van der Waals surface area contributed by atoms with Crippen molar-refractivity contribution in [1.29, 1.82) is 0 Å². The Kier molecular flexibility index (Phi) is 6.75. The van der Waals surface area contributed by atoms with E-state index < -0.39 is 11.6 Å². The molecule has 150 valence electrons. The Morgan fingerprint density at radius 1 is 1.07 bits per heavy atom. The number of piperazine rings is 1. The molecule has 0 saturated carbocycles. The molecule has 2 aromatic rings. The van der Waals surface area contributed by atoms with Gasteiger partial charge in [0.05, 0.1) is 0 Å². The Bertz CT molecular complexity index is 802. The van der Waals surface area contributed by atoms with Crippen molar-refractivity contribution in [2.45, 2.75) is 19.4 Å². The van der Waals surface area contributed by atoms with Gasteiger partial charge in [0.1, 0.15) is 11.6 Å². The molecule has 1 aliphatic heterocycles. The predicted octanol–water partition coefficient (Wildman–Crippen LogP) is 3.39. The van der Waals surface area contributed by atoms with Crippen molar-refractivity contribution >= 4 is 5.91 Å². The molecule has 0 spiro atoms. The maximum Gasteiger partial charge on any atom is 0.251 e. The van der Waals surface area contributed by atoms with Crippen molar-refractivity contribution in [1.82, 2.24) is 15.1 Å². The highest BCUT2D eigenvalue weighted by molar-refractivity contribution is 5.94. The van der Waals surface area contributed by atoms with Crippen LogP contribution in [0.2, 0.25) is 0 Å². The number of nitrogens with zero attached hydrogens (tertiary/aromatic N) is 2. The monoisotopic (exact) mass is 387 g/mol. The second kappa shape index (κ2) is 9.26. The van der Waals surface area contributed by atoms with E-state index in [0.717, 1.165) is 38.7 Å². The van der Waals surface area contributed by atoms with Crippen LogP contribution in [0.3, 0.4) is 0 Å². The summed E-state index contributed by atoms with van der Waals surface area (Å²) in [4.78, 5) is 17.1. The maximum absolute atomic E-state index is 13.9. The summed E-state index contributed by atoms with van der Waals surface area (Å²) < 4.78 is 26.9. The van der Waals surface area contributed by atoms with E-state index in [1.807, 2.05) is 0 Å². The minimum Gasteiger partial charge on any atom is -0.352 e. The fourth-order valence-corrected chi connectivity index (χ4v) is 3.47. The third-order valence-corrected chi connectivity index (χ3v) is 5.40. The lowest BCUT2D eigenvalue weighted by Crippen LogP contribution is -2.48. The number of amides is 1. The van der Waals surface area contributed by atoms with Crippen molar-refractivity contribution in [3.63, 3.8) is 0 Å². The first-order chi connectivity index (χ1) is 13.4. The number of rotatable bonds is 6. The van der Waals surface area contributed by atoms with E-state index >= 15 is 0 Å². The SMILES string of the molecule is CC(CCNC(=O)c1ccc(-c2ccc(F)cc2F)cc1)N1CCN(C)CC1. The van der Waals surface area contributed by atoms with Gasteiger partial charge in [0, 0.05) is 56.0 Å². The van der Waals surface area contributed by atoms with Crippen molar-refractivity contribution in [3.8, 4) is 11.1 Å². The summed E-state index contributed by atoms with van der Waals surface area (Å²) in [7, 11) is 2.14. The first-order valence-electron chi connectivity index (χ1n) is 9.70. The number of benzene rings is 2. The number of nitrogens with one attached hydrogen (secondary N) is 1. The topological polar surface area (TPSA) is 35.6 Å². The van der Waals surface area contributed by atoms with Gasteiger partial charge in [-0.15, -0.1) is 0 Å². The fraction of sp³-hybridized carbons (Fsp3) is 0.409. The van der Waals surface area contributed by atoms with E-state index in [0.29, 0.717) is 29.3 Å². The molecule has 1 N–H and O–H groups in total. The summed E-state index contributed by atoms with van der Waals surface area (Å²) in [6.07, 6.45) is 0.897. The van der Waals surface area contributed by atoms with Crippen LogP contribution in [0.4, 0.5) is 8.78 Å². The lowest BCUT2D eigenvalue weighted by Gasteiger charge is -2.36. The minimum absolute atomic E-state index is 0.142.